The first kappa shape index (κ1) is 23.0. The van der Waals surface area contributed by atoms with Crippen molar-refractivity contribution in [2.24, 2.45) is 0 Å². The van der Waals surface area contributed by atoms with Gasteiger partial charge in [-0.1, -0.05) is 26.2 Å². The number of hydrogen-bond donors (Lipinski definition) is 1. The van der Waals surface area contributed by atoms with Crippen LogP contribution in [0.3, 0.4) is 0 Å². The Balaban J connectivity index is -0.0000000560. The number of hydrogen-bond acceptors (Lipinski definition) is 1. The van der Waals surface area contributed by atoms with E-state index in [0.717, 1.165) is 6.42 Å². The van der Waals surface area contributed by atoms with Crippen molar-refractivity contribution in [3.05, 3.63) is 13.8 Å². The molecule has 1 N–H and O–H groups in total. The van der Waals surface area contributed by atoms with Crippen LogP contribution in [0.2, 0.25) is 0 Å². The molecule has 74 valence electrons. The predicted octanol–water partition coefficient (Wildman–Crippen LogP) is 3.24. The third-order valence-corrected chi connectivity index (χ3v) is 1.01. The van der Waals surface area contributed by atoms with E-state index in [2.05, 4.69) is 20.8 Å². The summed E-state index contributed by atoms with van der Waals surface area (Å²) in [5.74, 6) is 0. The van der Waals surface area contributed by atoms with E-state index in [0.29, 0.717) is 6.61 Å². The van der Waals surface area contributed by atoms with E-state index in [1.807, 2.05) is 0 Å². The summed E-state index contributed by atoms with van der Waals surface area (Å²) < 4.78 is 0. The Hall–Kier alpha value is 0.674. The van der Waals surface area contributed by atoms with Crippen molar-refractivity contribution >= 4 is 0 Å². The van der Waals surface area contributed by atoms with Gasteiger partial charge in [0, 0.05) is 6.61 Å². The normalized spacial score (nSPS) is 6.50. The van der Waals surface area contributed by atoms with Crippen molar-refractivity contribution in [2.45, 2.75) is 46.5 Å². The van der Waals surface area contributed by atoms with E-state index in [-0.39, 0.29) is 21.7 Å². The molecule has 0 saturated carbocycles. The van der Waals surface area contributed by atoms with Crippen LogP contribution in [0.15, 0.2) is 0 Å². The quantitative estimate of drug-likeness (QED) is 0.427. The molecule has 0 heterocycles. The van der Waals surface area contributed by atoms with Crippen LogP contribution in [0.4, 0.5) is 0 Å². The predicted molar refractivity (Wildman–Crippen MR) is 53.3 cm³/mol. The van der Waals surface area contributed by atoms with Gasteiger partial charge in [-0.15, -0.1) is 0 Å². The SMILES string of the molecule is CCCCCCO.[CH2-]C.[CH2-]C.[Ti+2]. The molecular weight excluding hydrogens is 184 g/mol. The zero-order chi connectivity index (χ0) is 9.54. The van der Waals surface area contributed by atoms with E-state index < -0.39 is 0 Å². The summed E-state index contributed by atoms with van der Waals surface area (Å²) in [5.41, 5.74) is 0. The maximum atomic E-state index is 8.29. The molecule has 0 aliphatic rings. The first-order valence-electron chi connectivity index (χ1n) is 4.44. The van der Waals surface area contributed by atoms with Gasteiger partial charge in [0.1, 0.15) is 0 Å². The third-order valence-electron chi connectivity index (χ3n) is 1.01. The van der Waals surface area contributed by atoms with Gasteiger partial charge in [0.2, 0.25) is 0 Å². The summed E-state index contributed by atoms with van der Waals surface area (Å²) in [5, 5.41) is 8.29. The smallest absolute Gasteiger partial charge is 0.396 e. The molecule has 0 aromatic carbocycles. The standard InChI is InChI=1S/C6H14O.2C2H5.Ti/c1-2-3-4-5-6-7;2*1-2;/h7H,2-6H2,1H3;2*1H2,2H3;/q;2*-1;+2. The van der Waals surface area contributed by atoms with Gasteiger partial charge in [0.25, 0.3) is 0 Å². The first-order valence-corrected chi connectivity index (χ1v) is 4.44. The fraction of sp³-hybridized carbons (Fsp3) is 0.800. The third kappa shape index (κ3) is 45.7. The van der Waals surface area contributed by atoms with Crippen LogP contribution in [0.5, 0.6) is 0 Å². The molecule has 0 aliphatic carbocycles. The minimum absolute atomic E-state index is 0. The molecule has 12 heavy (non-hydrogen) atoms. The second kappa shape index (κ2) is 41.3. The Bertz CT molecular complexity index is 29.0. The Kier molecular flexibility index (Phi) is 79.0. The van der Waals surface area contributed by atoms with Crippen molar-refractivity contribution in [3.8, 4) is 0 Å². The van der Waals surface area contributed by atoms with Gasteiger partial charge in [-0.25, -0.2) is 0 Å². The van der Waals surface area contributed by atoms with E-state index >= 15 is 0 Å². The van der Waals surface area contributed by atoms with Crippen LogP contribution in [0.25, 0.3) is 0 Å². The summed E-state index contributed by atoms with van der Waals surface area (Å²) >= 11 is 0. The summed E-state index contributed by atoms with van der Waals surface area (Å²) in [6, 6.07) is 0. The Labute approximate surface area is 93.8 Å². The zero-order valence-corrected chi connectivity index (χ0v) is 10.5. The Morgan fingerprint density at radius 2 is 1.33 bits per heavy atom. The summed E-state index contributed by atoms with van der Waals surface area (Å²) in [6.45, 7) is 12.5. The van der Waals surface area contributed by atoms with Crippen molar-refractivity contribution in [3.63, 3.8) is 0 Å². The van der Waals surface area contributed by atoms with Gasteiger partial charge in [0.05, 0.1) is 0 Å². The monoisotopic (exact) mass is 208 g/mol. The van der Waals surface area contributed by atoms with Crippen LogP contribution >= 0.6 is 0 Å². The summed E-state index contributed by atoms with van der Waals surface area (Å²) in [6.07, 6.45) is 4.68. The summed E-state index contributed by atoms with van der Waals surface area (Å²) in [4.78, 5) is 0. The maximum absolute atomic E-state index is 8.29. The molecule has 0 saturated heterocycles. The molecule has 1 nitrogen and oxygen atoms in total. The Morgan fingerprint density at radius 3 is 1.58 bits per heavy atom. The van der Waals surface area contributed by atoms with Crippen LogP contribution < -0.4 is 0 Å². The maximum Gasteiger partial charge on any atom is 2.00 e. The molecule has 0 radical (unpaired) electrons. The van der Waals surface area contributed by atoms with Gasteiger partial charge in [0.15, 0.2) is 0 Å². The van der Waals surface area contributed by atoms with E-state index in [1.165, 1.54) is 19.3 Å². The average Bonchev–Trinajstić information content (AvgIpc) is 2.13. The van der Waals surface area contributed by atoms with Crippen molar-refractivity contribution < 1.29 is 26.8 Å². The van der Waals surface area contributed by atoms with Gasteiger partial charge in [-0.05, 0) is 6.42 Å². The van der Waals surface area contributed by atoms with Crippen LogP contribution in [0.1, 0.15) is 46.5 Å². The van der Waals surface area contributed by atoms with Crippen LogP contribution in [-0.4, -0.2) is 11.7 Å². The molecule has 0 rings (SSSR count). The summed E-state index contributed by atoms with van der Waals surface area (Å²) in [7, 11) is 0. The molecular formula is C10H24OTi. The van der Waals surface area contributed by atoms with Gasteiger partial charge in [-0.2, -0.15) is 13.8 Å². The van der Waals surface area contributed by atoms with Crippen molar-refractivity contribution in [2.75, 3.05) is 6.61 Å². The van der Waals surface area contributed by atoms with Crippen molar-refractivity contribution in [1.82, 2.24) is 0 Å². The number of rotatable bonds is 4. The van der Waals surface area contributed by atoms with Gasteiger partial charge >= 0.3 is 21.7 Å². The minimum atomic E-state index is 0. The van der Waals surface area contributed by atoms with Gasteiger partial charge < -0.3 is 19.0 Å². The van der Waals surface area contributed by atoms with Gasteiger partial charge in [-0.3, -0.25) is 0 Å². The van der Waals surface area contributed by atoms with E-state index in [4.69, 9.17) is 5.11 Å². The fourth-order valence-corrected chi connectivity index (χ4v) is 0.539. The Morgan fingerprint density at radius 1 is 0.917 bits per heavy atom. The average molecular weight is 208 g/mol. The van der Waals surface area contributed by atoms with E-state index in [9.17, 15) is 0 Å². The molecule has 0 aromatic rings. The molecule has 0 unspecified atom stereocenters. The molecule has 0 bridgehead atoms. The van der Waals surface area contributed by atoms with Crippen LogP contribution in [-0.2, 0) is 21.7 Å². The molecule has 2 heteroatoms. The second-order valence-corrected chi connectivity index (χ2v) is 1.78. The number of aliphatic hydroxyl groups is 1. The molecule has 0 aromatic heterocycles. The zero-order valence-electron chi connectivity index (χ0n) is 8.90. The minimum Gasteiger partial charge on any atom is -0.396 e. The topological polar surface area (TPSA) is 20.2 Å². The fourth-order valence-electron chi connectivity index (χ4n) is 0.539. The molecule has 0 fully saturated rings. The largest absolute Gasteiger partial charge is 2.00 e. The van der Waals surface area contributed by atoms with Crippen LogP contribution in [0, 0.1) is 13.8 Å². The first-order chi connectivity index (χ1) is 5.41. The second-order valence-electron chi connectivity index (χ2n) is 1.78. The molecule has 0 aliphatic heterocycles. The number of unbranched alkanes of at least 4 members (excludes halogenated alkanes) is 3. The van der Waals surface area contributed by atoms with Crippen molar-refractivity contribution in [1.29, 1.82) is 0 Å². The molecule has 0 spiro atoms. The number of aliphatic hydroxyl groups excluding tert-OH is 1. The molecule has 0 atom stereocenters. The molecule has 0 amide bonds. The van der Waals surface area contributed by atoms with E-state index in [1.54, 1.807) is 13.8 Å².